The van der Waals surface area contributed by atoms with Crippen molar-refractivity contribution in [1.29, 1.82) is 0 Å². The van der Waals surface area contributed by atoms with Gasteiger partial charge in [0.15, 0.2) is 0 Å². The lowest BCUT2D eigenvalue weighted by Crippen LogP contribution is -2.53. The Bertz CT molecular complexity index is 1590. The number of nitrogens with one attached hydrogen (secondary N) is 1. The van der Waals surface area contributed by atoms with E-state index < -0.39 is 22.9 Å². The summed E-state index contributed by atoms with van der Waals surface area (Å²) in [5.74, 6) is 0. The van der Waals surface area contributed by atoms with Crippen molar-refractivity contribution in [2.24, 2.45) is 0 Å². The lowest BCUT2D eigenvalue weighted by atomic mass is 10.1. The maximum Gasteiger partial charge on any atom is 0.416 e. The Balaban J connectivity index is 1.90. The average molecular weight is 517 g/mol. The molecule has 0 spiro atoms. The molecule has 0 aliphatic rings. The molecule has 0 aliphatic carbocycles. The fraction of sp³-hybridized carbons (Fsp3) is 0.0769. The van der Waals surface area contributed by atoms with E-state index in [4.69, 9.17) is 23.2 Å². The van der Waals surface area contributed by atoms with E-state index in [0.29, 0.717) is 26.7 Å². The molecule has 0 saturated heterocycles. The maximum absolute atomic E-state index is 13.4. The summed E-state index contributed by atoms with van der Waals surface area (Å²) in [6.45, 7) is -0.109. The number of aromatic amines is 1. The van der Waals surface area contributed by atoms with Crippen LogP contribution in [0, 0.1) is 0 Å². The molecule has 0 radical (unpaired) electrons. The number of alkyl halides is 3. The summed E-state index contributed by atoms with van der Waals surface area (Å²) >= 11 is 11.8. The van der Waals surface area contributed by atoms with E-state index in [1.165, 1.54) is 28.9 Å². The van der Waals surface area contributed by atoms with Gasteiger partial charge in [-0.05, 0) is 65.2 Å². The van der Waals surface area contributed by atoms with Crippen molar-refractivity contribution in [2.45, 2.75) is 12.7 Å². The van der Waals surface area contributed by atoms with Gasteiger partial charge in [0.25, 0.3) is 11.1 Å². The molecule has 1 N–H and O–H groups in total. The van der Waals surface area contributed by atoms with Crippen molar-refractivity contribution in [3.63, 3.8) is 0 Å². The van der Waals surface area contributed by atoms with Crippen LogP contribution in [0.1, 0.15) is 22.3 Å². The predicted octanol–water partition coefficient (Wildman–Crippen LogP) is 4.57. The highest BCUT2D eigenvalue weighted by Crippen LogP contribution is 2.29. The van der Waals surface area contributed by atoms with Crippen molar-refractivity contribution in [3.8, 4) is 0 Å². The molecular formula is C26H17Cl2F3N2O2. The molecule has 0 atom stereocenters. The number of H-pyrrole nitrogens is 1. The van der Waals surface area contributed by atoms with Crippen LogP contribution in [0.3, 0.4) is 0 Å². The van der Waals surface area contributed by atoms with Gasteiger partial charge in [0.1, 0.15) is 10.7 Å². The summed E-state index contributed by atoms with van der Waals surface area (Å²) in [6, 6.07) is 17.8. The molecule has 0 unspecified atom stereocenters. The van der Waals surface area contributed by atoms with Crippen LogP contribution in [-0.2, 0) is 12.7 Å². The fourth-order valence-corrected chi connectivity index (χ4v) is 3.69. The molecule has 0 fully saturated rings. The molecule has 4 nitrogen and oxygen atoms in total. The topological polar surface area (TPSA) is 54.9 Å². The second kappa shape index (κ2) is 9.98. The number of rotatable bonds is 4. The monoisotopic (exact) mass is 516 g/mol. The van der Waals surface area contributed by atoms with Gasteiger partial charge < -0.3 is 4.98 Å². The summed E-state index contributed by atoms with van der Waals surface area (Å²) < 4.78 is 40.1. The zero-order chi connectivity index (χ0) is 25.2. The largest absolute Gasteiger partial charge is 0.416 e. The number of benzene rings is 3. The first kappa shape index (κ1) is 24.6. The van der Waals surface area contributed by atoms with E-state index >= 15 is 0 Å². The minimum Gasteiger partial charge on any atom is -0.316 e. The molecule has 0 amide bonds. The Kier molecular flexibility index (Phi) is 7.00. The van der Waals surface area contributed by atoms with E-state index in [1.807, 2.05) is 0 Å². The van der Waals surface area contributed by atoms with Gasteiger partial charge in [-0.1, -0.05) is 59.6 Å². The zero-order valence-corrected chi connectivity index (χ0v) is 19.5. The van der Waals surface area contributed by atoms with Gasteiger partial charge in [-0.2, -0.15) is 13.2 Å². The van der Waals surface area contributed by atoms with Gasteiger partial charge in [-0.25, -0.2) is 0 Å². The number of hydrogen-bond donors (Lipinski definition) is 1. The normalized spacial score (nSPS) is 12.8. The minimum atomic E-state index is -4.48. The van der Waals surface area contributed by atoms with Crippen molar-refractivity contribution < 1.29 is 13.2 Å². The Morgan fingerprint density at radius 3 is 1.80 bits per heavy atom. The molecule has 3 aromatic carbocycles. The third-order valence-electron chi connectivity index (χ3n) is 5.22. The second-order valence-corrected chi connectivity index (χ2v) is 8.60. The van der Waals surface area contributed by atoms with Crippen LogP contribution < -0.4 is 21.8 Å². The number of halogens is 5. The molecule has 4 rings (SSSR count). The molecular weight excluding hydrogens is 500 g/mol. The van der Waals surface area contributed by atoms with Gasteiger partial charge in [-0.15, -0.1) is 0 Å². The van der Waals surface area contributed by atoms with Crippen molar-refractivity contribution >= 4 is 35.4 Å². The van der Waals surface area contributed by atoms with E-state index in [2.05, 4.69) is 4.98 Å². The smallest absolute Gasteiger partial charge is 0.316 e. The van der Waals surface area contributed by atoms with Gasteiger partial charge in [0.2, 0.25) is 0 Å². The van der Waals surface area contributed by atoms with Crippen molar-refractivity contribution in [2.75, 3.05) is 0 Å². The number of hydrogen-bond acceptors (Lipinski definition) is 2. The zero-order valence-electron chi connectivity index (χ0n) is 17.9. The molecule has 9 heteroatoms. The van der Waals surface area contributed by atoms with Crippen LogP contribution in [0.25, 0.3) is 12.2 Å². The van der Waals surface area contributed by atoms with Gasteiger partial charge >= 0.3 is 6.18 Å². The first-order valence-corrected chi connectivity index (χ1v) is 11.1. The van der Waals surface area contributed by atoms with Crippen LogP contribution in [0.5, 0.6) is 0 Å². The minimum absolute atomic E-state index is 0.0255. The lowest BCUT2D eigenvalue weighted by molar-refractivity contribution is -0.137. The second-order valence-electron chi connectivity index (χ2n) is 7.73. The molecule has 1 heterocycles. The Morgan fingerprint density at radius 1 is 0.771 bits per heavy atom. The predicted molar refractivity (Wildman–Crippen MR) is 131 cm³/mol. The van der Waals surface area contributed by atoms with Crippen LogP contribution in [0.15, 0.2) is 82.4 Å². The molecule has 4 aromatic rings. The Morgan fingerprint density at radius 2 is 1.29 bits per heavy atom. The quantitative estimate of drug-likeness (QED) is 0.432. The molecule has 178 valence electrons. The first-order valence-electron chi connectivity index (χ1n) is 10.3. The molecule has 1 aromatic heterocycles. The van der Waals surface area contributed by atoms with Crippen molar-refractivity contribution in [3.05, 3.63) is 137 Å². The third-order valence-corrected chi connectivity index (χ3v) is 5.73. The summed E-state index contributed by atoms with van der Waals surface area (Å²) in [5.41, 5.74) is -0.169. The fourth-order valence-electron chi connectivity index (χ4n) is 3.44. The molecule has 0 saturated carbocycles. The van der Waals surface area contributed by atoms with E-state index in [-0.39, 0.29) is 17.2 Å². The lowest BCUT2D eigenvalue weighted by Gasteiger charge is -2.10. The third kappa shape index (κ3) is 5.93. The van der Waals surface area contributed by atoms with Crippen molar-refractivity contribution in [1.82, 2.24) is 9.55 Å². The Hall–Kier alpha value is -3.55. The van der Waals surface area contributed by atoms with Gasteiger partial charge in [0.05, 0.1) is 12.1 Å². The van der Waals surface area contributed by atoms with Crippen LogP contribution >= 0.6 is 23.2 Å². The number of aromatic nitrogens is 2. The Labute approximate surface area is 207 Å². The standard InChI is InChI=1S/C26H17Cl2F3N2O2/c27-20-9-3-16(4-10-20)13-22-25(35)33(15-18-1-7-19(8-2-18)26(29,30)31)23(24(34)32-22)14-17-5-11-21(28)12-6-17/h1-14H,15H2,(H,32,34)/b22-13-,23-14-. The summed E-state index contributed by atoms with van der Waals surface area (Å²) in [5, 5.41) is 1.09. The highest BCUT2D eigenvalue weighted by molar-refractivity contribution is 6.30. The van der Waals surface area contributed by atoms with Gasteiger partial charge in [-0.3, -0.25) is 14.2 Å². The highest BCUT2D eigenvalue weighted by atomic mass is 35.5. The van der Waals surface area contributed by atoms with Crippen LogP contribution in [0.2, 0.25) is 10.0 Å². The SMILES string of the molecule is O=c1[nH]/c(=C\c2ccc(Cl)cc2)c(=O)n(Cc2ccc(C(F)(F)F)cc2)/c1=C\c1ccc(Cl)cc1. The molecule has 35 heavy (non-hydrogen) atoms. The van der Waals surface area contributed by atoms with E-state index in [9.17, 15) is 22.8 Å². The summed E-state index contributed by atoms with van der Waals surface area (Å²) in [7, 11) is 0. The number of nitrogens with zero attached hydrogens (tertiary/aromatic N) is 1. The van der Waals surface area contributed by atoms with Crippen LogP contribution in [0.4, 0.5) is 13.2 Å². The molecule has 0 aliphatic heterocycles. The van der Waals surface area contributed by atoms with E-state index in [0.717, 1.165) is 12.1 Å². The maximum atomic E-state index is 13.4. The highest BCUT2D eigenvalue weighted by Gasteiger charge is 2.29. The first-order chi connectivity index (χ1) is 16.6. The van der Waals surface area contributed by atoms with E-state index in [1.54, 1.807) is 48.5 Å². The summed E-state index contributed by atoms with van der Waals surface area (Å²) in [6.07, 6.45) is -1.45. The van der Waals surface area contributed by atoms with Gasteiger partial charge in [0, 0.05) is 10.0 Å². The van der Waals surface area contributed by atoms with Crippen LogP contribution in [-0.4, -0.2) is 9.55 Å². The average Bonchev–Trinajstić information content (AvgIpc) is 2.82. The summed E-state index contributed by atoms with van der Waals surface area (Å²) in [4.78, 5) is 29.1. The molecule has 0 bridgehead atoms.